The molecule has 0 fully saturated rings. The fourth-order valence-corrected chi connectivity index (χ4v) is 2.56. The predicted octanol–water partition coefficient (Wildman–Crippen LogP) is 3.08. The van der Waals surface area contributed by atoms with Crippen LogP contribution in [0.2, 0.25) is 0 Å². The van der Waals surface area contributed by atoms with E-state index in [0.717, 1.165) is 22.6 Å². The highest BCUT2D eigenvalue weighted by molar-refractivity contribution is 5.93. The minimum atomic E-state index is -0.191. The summed E-state index contributed by atoms with van der Waals surface area (Å²) in [5, 5.41) is 9.92. The van der Waals surface area contributed by atoms with Gasteiger partial charge in [0.2, 0.25) is 0 Å². The number of aromatic amines is 1. The van der Waals surface area contributed by atoms with Crippen molar-refractivity contribution in [2.75, 3.05) is 26.1 Å². The van der Waals surface area contributed by atoms with E-state index in [1.807, 2.05) is 67.5 Å². The second-order valence-corrected chi connectivity index (χ2v) is 6.14. The Morgan fingerprint density at radius 2 is 1.92 bits per heavy atom. The number of anilines is 1. The van der Waals surface area contributed by atoms with Crippen LogP contribution in [-0.2, 0) is 6.54 Å². The lowest BCUT2D eigenvalue weighted by Gasteiger charge is -2.12. The molecule has 0 aliphatic carbocycles. The average Bonchev–Trinajstić information content (AvgIpc) is 3.17. The van der Waals surface area contributed by atoms with Crippen LogP contribution >= 0.6 is 0 Å². The summed E-state index contributed by atoms with van der Waals surface area (Å²) in [6, 6.07) is 17.4. The Hall–Kier alpha value is -3.28. The van der Waals surface area contributed by atoms with E-state index in [1.54, 1.807) is 13.2 Å². The first-order chi connectivity index (χ1) is 12.6. The van der Waals surface area contributed by atoms with Crippen molar-refractivity contribution in [2.24, 2.45) is 0 Å². The Morgan fingerprint density at radius 1 is 1.15 bits per heavy atom. The number of hydrogen-bond donors (Lipinski definition) is 2. The van der Waals surface area contributed by atoms with Crippen LogP contribution in [0, 0.1) is 0 Å². The third-order valence-corrected chi connectivity index (χ3v) is 4.09. The van der Waals surface area contributed by atoms with Crippen molar-refractivity contribution >= 4 is 11.6 Å². The van der Waals surface area contributed by atoms with E-state index in [0.29, 0.717) is 17.9 Å². The maximum absolute atomic E-state index is 12.3. The van der Waals surface area contributed by atoms with Gasteiger partial charge >= 0.3 is 0 Å². The standard InChI is InChI=1S/C20H22N4O2/c1-24(2)16-9-7-14(8-10-16)13-21-20(25)19-12-18(22-23-19)15-5-4-6-17(11-15)26-3/h4-12H,13H2,1-3H3,(H,21,25)(H,22,23). The molecule has 0 spiro atoms. The number of benzene rings is 2. The Balaban J connectivity index is 1.64. The van der Waals surface area contributed by atoms with E-state index in [-0.39, 0.29) is 5.91 Å². The molecule has 0 saturated carbocycles. The van der Waals surface area contributed by atoms with E-state index in [4.69, 9.17) is 4.74 Å². The Labute approximate surface area is 152 Å². The van der Waals surface area contributed by atoms with Crippen molar-refractivity contribution in [2.45, 2.75) is 6.54 Å². The Kier molecular flexibility index (Phi) is 5.22. The third-order valence-electron chi connectivity index (χ3n) is 4.09. The second kappa shape index (κ2) is 7.74. The molecule has 0 atom stereocenters. The van der Waals surface area contributed by atoms with Crippen LogP contribution in [0.1, 0.15) is 16.1 Å². The van der Waals surface area contributed by atoms with Crippen molar-refractivity contribution in [3.8, 4) is 17.0 Å². The first-order valence-corrected chi connectivity index (χ1v) is 8.31. The van der Waals surface area contributed by atoms with Crippen LogP contribution in [0.5, 0.6) is 5.75 Å². The first-order valence-electron chi connectivity index (χ1n) is 8.31. The van der Waals surface area contributed by atoms with Gasteiger partial charge in [-0.15, -0.1) is 0 Å². The van der Waals surface area contributed by atoms with Gasteiger partial charge < -0.3 is 15.0 Å². The number of hydrogen-bond acceptors (Lipinski definition) is 4. The predicted molar refractivity (Wildman–Crippen MR) is 103 cm³/mol. The number of amides is 1. The quantitative estimate of drug-likeness (QED) is 0.717. The Bertz CT molecular complexity index is 885. The highest BCUT2D eigenvalue weighted by Gasteiger charge is 2.11. The van der Waals surface area contributed by atoms with E-state index in [9.17, 15) is 4.79 Å². The molecule has 0 saturated heterocycles. The molecule has 0 aliphatic heterocycles. The van der Waals surface area contributed by atoms with Crippen molar-refractivity contribution in [1.29, 1.82) is 0 Å². The van der Waals surface area contributed by atoms with Gasteiger partial charge in [-0.2, -0.15) is 5.10 Å². The van der Waals surface area contributed by atoms with E-state index in [2.05, 4.69) is 15.5 Å². The van der Waals surface area contributed by atoms with E-state index in [1.165, 1.54) is 0 Å². The van der Waals surface area contributed by atoms with Crippen LogP contribution in [0.15, 0.2) is 54.6 Å². The summed E-state index contributed by atoms with van der Waals surface area (Å²) in [4.78, 5) is 14.4. The summed E-state index contributed by atoms with van der Waals surface area (Å²) in [5.74, 6) is 0.556. The molecular formula is C20H22N4O2. The van der Waals surface area contributed by atoms with Crippen molar-refractivity contribution < 1.29 is 9.53 Å². The summed E-state index contributed by atoms with van der Waals surface area (Å²) in [7, 11) is 5.61. The largest absolute Gasteiger partial charge is 0.497 e. The highest BCUT2D eigenvalue weighted by atomic mass is 16.5. The monoisotopic (exact) mass is 350 g/mol. The van der Waals surface area contributed by atoms with E-state index < -0.39 is 0 Å². The SMILES string of the molecule is COc1cccc(-c2cc(C(=O)NCc3ccc(N(C)C)cc3)[nH]n2)c1. The molecule has 0 aliphatic rings. The van der Waals surface area contributed by atoms with Gasteiger partial charge in [-0.3, -0.25) is 9.89 Å². The first kappa shape index (κ1) is 17.5. The highest BCUT2D eigenvalue weighted by Crippen LogP contribution is 2.22. The Morgan fingerprint density at radius 3 is 2.62 bits per heavy atom. The normalized spacial score (nSPS) is 10.4. The molecule has 0 bridgehead atoms. The van der Waals surface area contributed by atoms with Crippen LogP contribution in [0.4, 0.5) is 5.69 Å². The molecule has 6 nitrogen and oxygen atoms in total. The number of carbonyl (C=O) groups is 1. The summed E-state index contributed by atoms with van der Waals surface area (Å²) in [6.07, 6.45) is 0. The average molecular weight is 350 g/mol. The van der Waals surface area contributed by atoms with Crippen LogP contribution in [0.25, 0.3) is 11.3 Å². The lowest BCUT2D eigenvalue weighted by atomic mass is 10.1. The zero-order chi connectivity index (χ0) is 18.5. The van der Waals surface area contributed by atoms with Gasteiger partial charge in [-0.05, 0) is 35.9 Å². The maximum Gasteiger partial charge on any atom is 0.269 e. The number of nitrogens with zero attached hydrogens (tertiary/aromatic N) is 2. The lowest BCUT2D eigenvalue weighted by molar-refractivity contribution is 0.0946. The van der Waals surface area contributed by atoms with Gasteiger partial charge in [0, 0.05) is 31.9 Å². The molecule has 0 unspecified atom stereocenters. The molecule has 3 rings (SSSR count). The molecule has 134 valence electrons. The molecule has 0 radical (unpaired) electrons. The van der Waals surface area contributed by atoms with Gasteiger partial charge in [0.15, 0.2) is 0 Å². The van der Waals surface area contributed by atoms with Crippen LogP contribution < -0.4 is 15.0 Å². The van der Waals surface area contributed by atoms with Gasteiger partial charge in [-0.25, -0.2) is 0 Å². The zero-order valence-corrected chi connectivity index (χ0v) is 15.1. The van der Waals surface area contributed by atoms with Gasteiger partial charge in [0.05, 0.1) is 12.8 Å². The number of rotatable bonds is 6. The molecule has 2 aromatic carbocycles. The molecule has 1 heterocycles. The van der Waals surface area contributed by atoms with Gasteiger partial charge in [0.25, 0.3) is 5.91 Å². The molecule has 2 N–H and O–H groups in total. The molecule has 1 amide bonds. The number of aromatic nitrogens is 2. The molecular weight excluding hydrogens is 328 g/mol. The van der Waals surface area contributed by atoms with Crippen molar-refractivity contribution in [1.82, 2.24) is 15.5 Å². The fraction of sp³-hybridized carbons (Fsp3) is 0.200. The van der Waals surface area contributed by atoms with Crippen molar-refractivity contribution in [3.05, 3.63) is 65.9 Å². The summed E-state index contributed by atoms with van der Waals surface area (Å²) >= 11 is 0. The summed E-state index contributed by atoms with van der Waals surface area (Å²) in [5.41, 5.74) is 4.17. The van der Waals surface area contributed by atoms with Crippen molar-refractivity contribution in [3.63, 3.8) is 0 Å². The third kappa shape index (κ3) is 4.03. The second-order valence-electron chi connectivity index (χ2n) is 6.14. The summed E-state index contributed by atoms with van der Waals surface area (Å²) in [6.45, 7) is 0.458. The fourth-order valence-electron chi connectivity index (χ4n) is 2.56. The van der Waals surface area contributed by atoms with Crippen LogP contribution in [-0.4, -0.2) is 37.3 Å². The molecule has 6 heteroatoms. The van der Waals surface area contributed by atoms with E-state index >= 15 is 0 Å². The number of methoxy groups -OCH3 is 1. The minimum Gasteiger partial charge on any atom is -0.497 e. The lowest BCUT2D eigenvalue weighted by Crippen LogP contribution is -2.23. The number of carbonyl (C=O) groups excluding carboxylic acids is 1. The van der Waals surface area contributed by atoms with Gasteiger partial charge in [0.1, 0.15) is 11.4 Å². The zero-order valence-electron chi connectivity index (χ0n) is 15.1. The number of ether oxygens (including phenoxy) is 1. The maximum atomic E-state index is 12.3. The molecule has 1 aromatic heterocycles. The number of nitrogens with one attached hydrogen (secondary N) is 2. The summed E-state index contributed by atoms with van der Waals surface area (Å²) < 4.78 is 5.22. The van der Waals surface area contributed by atoms with Crippen LogP contribution in [0.3, 0.4) is 0 Å². The minimum absolute atomic E-state index is 0.191. The molecule has 26 heavy (non-hydrogen) atoms. The number of H-pyrrole nitrogens is 1. The molecule has 3 aromatic rings. The van der Waals surface area contributed by atoms with Gasteiger partial charge in [-0.1, -0.05) is 24.3 Å². The smallest absolute Gasteiger partial charge is 0.269 e. The topological polar surface area (TPSA) is 70.2 Å².